The lowest BCUT2D eigenvalue weighted by Gasteiger charge is -2.12. The molecule has 0 aliphatic carbocycles. The number of aryl methyl sites for hydroxylation is 1. The number of nitrogens with zero attached hydrogens (tertiary/aromatic N) is 4. The molecule has 2 rings (SSSR count). The van der Waals surface area contributed by atoms with Crippen LogP contribution in [0.15, 0.2) is 40.5 Å². The molecule has 10 heteroatoms. The smallest absolute Gasteiger partial charge is 0.306 e. The van der Waals surface area contributed by atoms with E-state index in [1.165, 1.54) is 28.4 Å². The van der Waals surface area contributed by atoms with Gasteiger partial charge in [0, 0.05) is 18.0 Å². The second-order valence-electron chi connectivity index (χ2n) is 5.66. The van der Waals surface area contributed by atoms with E-state index in [1.54, 1.807) is 16.4 Å². The number of rotatable bonds is 8. The van der Waals surface area contributed by atoms with Crippen molar-refractivity contribution in [1.29, 1.82) is 0 Å². The maximum Gasteiger partial charge on any atom is 0.306 e. The molecule has 0 fully saturated rings. The summed E-state index contributed by atoms with van der Waals surface area (Å²) < 4.78 is 1.54. The van der Waals surface area contributed by atoms with Crippen molar-refractivity contribution in [2.24, 2.45) is 4.99 Å². The van der Waals surface area contributed by atoms with E-state index < -0.39 is 4.92 Å². The highest BCUT2D eigenvalue weighted by atomic mass is 127. The van der Waals surface area contributed by atoms with Gasteiger partial charge in [-0.05, 0) is 37.3 Å². The summed E-state index contributed by atoms with van der Waals surface area (Å²) in [6.07, 6.45) is 4.73. The molecule has 0 aliphatic rings. The lowest BCUT2D eigenvalue weighted by atomic mass is 10.1. The van der Waals surface area contributed by atoms with Gasteiger partial charge in [0.15, 0.2) is 5.96 Å². The molecule has 8 nitrogen and oxygen atoms in total. The van der Waals surface area contributed by atoms with Gasteiger partial charge in [-0.2, -0.15) is 5.10 Å². The summed E-state index contributed by atoms with van der Waals surface area (Å²) in [5.41, 5.74) is 2.41. The van der Waals surface area contributed by atoms with Crippen LogP contribution in [0.3, 0.4) is 0 Å². The molecule has 0 aliphatic heterocycles. The molecule has 0 amide bonds. The third-order valence-corrected chi connectivity index (χ3v) is 4.48. The average molecular weight is 504 g/mol. The van der Waals surface area contributed by atoms with Crippen molar-refractivity contribution in [3.8, 4) is 0 Å². The first-order valence-corrected chi connectivity index (χ1v) is 9.58. The van der Waals surface area contributed by atoms with Crippen LogP contribution >= 0.6 is 35.7 Å². The maximum absolute atomic E-state index is 10.7. The summed E-state index contributed by atoms with van der Waals surface area (Å²) in [6, 6.07) is 6.37. The van der Waals surface area contributed by atoms with Crippen molar-refractivity contribution in [3.63, 3.8) is 0 Å². The van der Waals surface area contributed by atoms with E-state index in [1.807, 2.05) is 6.92 Å². The van der Waals surface area contributed by atoms with Gasteiger partial charge in [0.1, 0.15) is 12.4 Å². The number of nitro groups is 1. The van der Waals surface area contributed by atoms with Crippen LogP contribution in [0.5, 0.6) is 0 Å². The summed E-state index contributed by atoms with van der Waals surface area (Å²) in [4.78, 5) is 16.1. The van der Waals surface area contributed by atoms with Gasteiger partial charge in [-0.1, -0.05) is 12.1 Å². The molecule has 1 aromatic heterocycles. The molecule has 27 heavy (non-hydrogen) atoms. The topological polar surface area (TPSA) is 97.4 Å². The minimum Gasteiger partial charge on any atom is -0.357 e. The molecular weight excluding hydrogens is 479 g/mol. The fraction of sp³-hybridized carbons (Fsp3) is 0.412. The second-order valence-corrected chi connectivity index (χ2v) is 6.50. The third-order valence-electron chi connectivity index (χ3n) is 3.66. The maximum atomic E-state index is 10.7. The van der Waals surface area contributed by atoms with E-state index in [4.69, 9.17) is 0 Å². The standard InChI is InChI=1S/C17H24N6O2S.HI/c1-4-18-17(19-7-8-22-12-15(11-21-22)23(24)25)20-10-14-6-5-13(2)9-16(14)26-3;/h5-6,9,11-12H,4,7-8,10H2,1-3H3,(H2,18,19,20);1H. The van der Waals surface area contributed by atoms with E-state index in [0.717, 1.165) is 6.54 Å². The van der Waals surface area contributed by atoms with E-state index in [9.17, 15) is 10.1 Å². The highest BCUT2D eigenvalue weighted by Crippen LogP contribution is 2.22. The normalized spacial score (nSPS) is 11.0. The van der Waals surface area contributed by atoms with Crippen LogP contribution in [0.2, 0.25) is 0 Å². The molecule has 0 radical (unpaired) electrons. The molecular formula is C17H25IN6O2S. The third kappa shape index (κ3) is 7.37. The van der Waals surface area contributed by atoms with E-state index in [0.29, 0.717) is 25.6 Å². The van der Waals surface area contributed by atoms with Gasteiger partial charge in [0.2, 0.25) is 0 Å². The van der Waals surface area contributed by atoms with Crippen LogP contribution in [0, 0.1) is 17.0 Å². The van der Waals surface area contributed by atoms with Crippen LogP contribution in [-0.4, -0.2) is 40.0 Å². The van der Waals surface area contributed by atoms with Crippen molar-refractivity contribution in [2.45, 2.75) is 31.8 Å². The molecule has 0 atom stereocenters. The zero-order valence-electron chi connectivity index (χ0n) is 15.6. The zero-order chi connectivity index (χ0) is 18.9. The lowest BCUT2D eigenvalue weighted by Crippen LogP contribution is -2.38. The van der Waals surface area contributed by atoms with Gasteiger partial charge in [0.25, 0.3) is 0 Å². The summed E-state index contributed by atoms with van der Waals surface area (Å²) in [5.74, 6) is 0.710. The molecule has 0 spiro atoms. The van der Waals surface area contributed by atoms with Crippen molar-refractivity contribution >= 4 is 47.4 Å². The van der Waals surface area contributed by atoms with Crippen LogP contribution in [0.1, 0.15) is 18.1 Å². The van der Waals surface area contributed by atoms with Crippen molar-refractivity contribution in [3.05, 3.63) is 51.8 Å². The molecule has 0 saturated heterocycles. The average Bonchev–Trinajstić information content (AvgIpc) is 3.09. The summed E-state index contributed by atoms with van der Waals surface area (Å²) in [6.45, 7) is 6.50. The Morgan fingerprint density at radius 3 is 2.81 bits per heavy atom. The highest BCUT2D eigenvalue weighted by molar-refractivity contribution is 14.0. The van der Waals surface area contributed by atoms with Crippen molar-refractivity contribution in [1.82, 2.24) is 20.4 Å². The van der Waals surface area contributed by atoms with Gasteiger partial charge in [-0.15, -0.1) is 35.7 Å². The van der Waals surface area contributed by atoms with Crippen molar-refractivity contribution < 1.29 is 4.92 Å². The number of benzene rings is 1. The summed E-state index contributed by atoms with van der Waals surface area (Å²) >= 11 is 1.72. The first-order valence-electron chi connectivity index (χ1n) is 8.36. The van der Waals surface area contributed by atoms with Gasteiger partial charge < -0.3 is 10.6 Å². The molecule has 0 bridgehead atoms. The minimum absolute atomic E-state index is 0. The number of aromatic nitrogens is 2. The van der Waals surface area contributed by atoms with Crippen LogP contribution in [0.25, 0.3) is 0 Å². The monoisotopic (exact) mass is 504 g/mol. The predicted octanol–water partition coefficient (Wildman–Crippen LogP) is 3.19. The van der Waals surface area contributed by atoms with Crippen LogP contribution in [-0.2, 0) is 13.1 Å². The quantitative estimate of drug-likeness (QED) is 0.143. The minimum atomic E-state index is -0.451. The first-order chi connectivity index (χ1) is 12.5. The van der Waals surface area contributed by atoms with E-state index in [-0.39, 0.29) is 29.7 Å². The van der Waals surface area contributed by atoms with Gasteiger partial charge in [0.05, 0.1) is 18.0 Å². The van der Waals surface area contributed by atoms with E-state index >= 15 is 0 Å². The molecule has 1 heterocycles. The largest absolute Gasteiger partial charge is 0.357 e. The first kappa shape index (κ1) is 23.2. The molecule has 2 aromatic rings. The Morgan fingerprint density at radius 2 is 2.19 bits per heavy atom. The molecule has 2 N–H and O–H groups in total. The fourth-order valence-electron chi connectivity index (χ4n) is 2.35. The number of halogens is 1. The van der Waals surface area contributed by atoms with Crippen molar-refractivity contribution in [2.75, 3.05) is 19.3 Å². The number of aliphatic imine (C=N–C) groups is 1. The number of hydrogen-bond donors (Lipinski definition) is 2. The molecule has 148 valence electrons. The Morgan fingerprint density at radius 1 is 1.41 bits per heavy atom. The molecule has 0 unspecified atom stereocenters. The van der Waals surface area contributed by atoms with E-state index in [2.05, 4.69) is 52.1 Å². The second kappa shape index (κ2) is 11.8. The Bertz CT molecular complexity index is 781. The Balaban J connectivity index is 0.00000364. The van der Waals surface area contributed by atoms with Gasteiger partial charge in [-0.3, -0.25) is 14.8 Å². The summed E-state index contributed by atoms with van der Waals surface area (Å²) in [5, 5.41) is 21.1. The lowest BCUT2D eigenvalue weighted by molar-refractivity contribution is -0.385. The fourth-order valence-corrected chi connectivity index (χ4v) is 3.04. The Kier molecular flexibility index (Phi) is 10.1. The predicted molar refractivity (Wildman–Crippen MR) is 120 cm³/mol. The number of thioether (sulfide) groups is 1. The number of guanidine groups is 1. The van der Waals surface area contributed by atoms with Crippen LogP contribution < -0.4 is 10.6 Å². The highest BCUT2D eigenvalue weighted by Gasteiger charge is 2.08. The summed E-state index contributed by atoms with van der Waals surface area (Å²) in [7, 11) is 0. The van der Waals surface area contributed by atoms with Crippen LogP contribution in [0.4, 0.5) is 5.69 Å². The zero-order valence-corrected chi connectivity index (χ0v) is 18.8. The molecule has 1 aromatic carbocycles. The SMILES string of the molecule is CCNC(=NCc1ccc(C)cc1SC)NCCn1cc([N+](=O)[O-])cn1.I. The number of hydrogen-bond acceptors (Lipinski definition) is 5. The van der Waals surface area contributed by atoms with Gasteiger partial charge in [-0.25, -0.2) is 4.99 Å². The van der Waals surface area contributed by atoms with Gasteiger partial charge >= 0.3 is 5.69 Å². The Labute approximate surface area is 180 Å². The molecule has 0 saturated carbocycles. The Hall–Kier alpha value is -1.82. The number of nitrogens with one attached hydrogen (secondary N) is 2.